The summed E-state index contributed by atoms with van der Waals surface area (Å²) in [6.07, 6.45) is 5.13. The first kappa shape index (κ1) is 18.7. The summed E-state index contributed by atoms with van der Waals surface area (Å²) >= 11 is 1.56. The third kappa shape index (κ3) is 4.36. The number of nitrogens with zero attached hydrogens (tertiary/aromatic N) is 4. The van der Waals surface area contributed by atoms with Gasteiger partial charge in [-0.05, 0) is 65.5 Å². The number of piperidine rings is 1. The van der Waals surface area contributed by atoms with E-state index in [2.05, 4.69) is 33.8 Å². The third-order valence-corrected chi connectivity index (χ3v) is 6.77. The second-order valence-electron chi connectivity index (χ2n) is 7.49. The van der Waals surface area contributed by atoms with Crippen LogP contribution in [0.2, 0.25) is 0 Å². The zero-order chi connectivity index (χ0) is 17.9. The molecule has 0 unspecified atom stereocenters. The van der Waals surface area contributed by atoms with Crippen LogP contribution >= 0.6 is 11.8 Å². The molecule has 2 aliphatic heterocycles. The van der Waals surface area contributed by atoms with E-state index in [1.807, 2.05) is 25.1 Å². The van der Waals surface area contributed by atoms with Crippen molar-refractivity contribution in [3.8, 4) is 0 Å². The molecule has 1 spiro atoms. The molecular formula is C19H30N4OS. The zero-order valence-corrected chi connectivity index (χ0v) is 16.5. The van der Waals surface area contributed by atoms with Crippen LogP contribution in [-0.4, -0.2) is 83.2 Å². The van der Waals surface area contributed by atoms with Gasteiger partial charge in [-0.2, -0.15) is 0 Å². The minimum atomic E-state index is -0.0957. The van der Waals surface area contributed by atoms with E-state index in [4.69, 9.17) is 0 Å². The maximum Gasteiger partial charge on any atom is 0.235 e. The number of likely N-dealkylation sites (tertiary alicyclic amines) is 1. The van der Waals surface area contributed by atoms with Gasteiger partial charge in [-0.1, -0.05) is 17.8 Å². The van der Waals surface area contributed by atoms with Crippen molar-refractivity contribution >= 4 is 17.7 Å². The lowest BCUT2D eigenvalue weighted by atomic mass is 9.85. The number of hydrogen-bond acceptors (Lipinski definition) is 5. The van der Waals surface area contributed by atoms with Gasteiger partial charge < -0.3 is 9.80 Å². The van der Waals surface area contributed by atoms with Gasteiger partial charge in [-0.25, -0.2) is 4.98 Å². The molecule has 2 saturated heterocycles. The van der Waals surface area contributed by atoms with Crippen molar-refractivity contribution in [2.45, 2.75) is 42.0 Å². The summed E-state index contributed by atoms with van der Waals surface area (Å²) in [6.45, 7) is 7.05. The maximum absolute atomic E-state index is 13.1. The average Bonchev–Trinajstić information content (AvgIpc) is 2.77. The quantitative estimate of drug-likeness (QED) is 0.771. The van der Waals surface area contributed by atoms with Crippen LogP contribution in [-0.2, 0) is 4.79 Å². The highest BCUT2D eigenvalue weighted by Crippen LogP contribution is 2.32. The molecular weight excluding hydrogens is 332 g/mol. The molecule has 6 heteroatoms. The molecule has 5 nitrogen and oxygen atoms in total. The molecule has 2 aliphatic rings. The molecule has 1 aromatic rings. The van der Waals surface area contributed by atoms with Crippen LogP contribution in [0.3, 0.4) is 0 Å². The normalized spacial score (nSPS) is 23.4. The maximum atomic E-state index is 13.1. The second-order valence-corrected chi connectivity index (χ2v) is 8.85. The van der Waals surface area contributed by atoms with Crippen LogP contribution in [0.15, 0.2) is 29.4 Å². The van der Waals surface area contributed by atoms with Gasteiger partial charge in [0.2, 0.25) is 5.91 Å². The fraction of sp³-hybridized carbons (Fsp3) is 0.684. The van der Waals surface area contributed by atoms with Crippen LogP contribution in [0, 0.1) is 0 Å². The van der Waals surface area contributed by atoms with Crippen LogP contribution in [0.5, 0.6) is 0 Å². The van der Waals surface area contributed by atoms with E-state index in [0.717, 1.165) is 57.0 Å². The number of amides is 1. The van der Waals surface area contributed by atoms with Gasteiger partial charge >= 0.3 is 0 Å². The summed E-state index contributed by atoms with van der Waals surface area (Å²) in [5.74, 6) is 0.254. The molecule has 2 fully saturated rings. The fourth-order valence-corrected chi connectivity index (χ4v) is 4.85. The Morgan fingerprint density at radius 3 is 2.64 bits per heavy atom. The van der Waals surface area contributed by atoms with Crippen LogP contribution < -0.4 is 0 Å². The molecule has 1 atom stereocenters. The van der Waals surface area contributed by atoms with E-state index < -0.39 is 0 Å². The second kappa shape index (κ2) is 8.06. The third-order valence-electron chi connectivity index (χ3n) is 5.73. The van der Waals surface area contributed by atoms with Gasteiger partial charge in [0, 0.05) is 31.4 Å². The average molecular weight is 363 g/mol. The number of carbonyl (C=O) groups is 1. The molecule has 3 heterocycles. The summed E-state index contributed by atoms with van der Waals surface area (Å²) in [7, 11) is 4.43. The lowest BCUT2D eigenvalue weighted by molar-refractivity contribution is -0.132. The summed E-state index contributed by atoms with van der Waals surface area (Å²) in [5.41, 5.74) is 0.147. The predicted molar refractivity (Wildman–Crippen MR) is 103 cm³/mol. The Morgan fingerprint density at radius 1 is 1.20 bits per heavy atom. The Labute approximate surface area is 155 Å². The van der Waals surface area contributed by atoms with E-state index in [1.54, 1.807) is 18.0 Å². The van der Waals surface area contributed by atoms with Gasteiger partial charge in [-0.3, -0.25) is 9.69 Å². The highest BCUT2D eigenvalue weighted by atomic mass is 32.2. The Balaban J connectivity index is 1.69. The first-order chi connectivity index (χ1) is 12.0. The van der Waals surface area contributed by atoms with Gasteiger partial charge in [-0.15, -0.1) is 0 Å². The van der Waals surface area contributed by atoms with E-state index >= 15 is 0 Å². The van der Waals surface area contributed by atoms with Crippen LogP contribution in [0.1, 0.15) is 26.2 Å². The first-order valence-electron chi connectivity index (χ1n) is 9.26. The molecule has 138 valence electrons. The van der Waals surface area contributed by atoms with Gasteiger partial charge in [0.25, 0.3) is 0 Å². The Kier molecular flexibility index (Phi) is 6.02. The predicted octanol–water partition coefficient (Wildman–Crippen LogP) is 2.19. The van der Waals surface area contributed by atoms with Crippen molar-refractivity contribution < 1.29 is 4.79 Å². The number of carbonyl (C=O) groups excluding carboxylic acids is 1. The van der Waals surface area contributed by atoms with Crippen molar-refractivity contribution in [3.63, 3.8) is 0 Å². The summed E-state index contributed by atoms with van der Waals surface area (Å²) in [5, 5.41) is 0.825. The highest BCUT2D eigenvalue weighted by molar-refractivity contribution is 8.00. The Hall–Kier alpha value is -1.11. The number of hydrogen-bond donors (Lipinski definition) is 0. The number of pyridine rings is 1. The van der Waals surface area contributed by atoms with Crippen molar-refractivity contribution in [1.29, 1.82) is 0 Å². The molecule has 0 radical (unpaired) electrons. The van der Waals surface area contributed by atoms with E-state index in [0.29, 0.717) is 0 Å². The van der Waals surface area contributed by atoms with Gasteiger partial charge in [0.1, 0.15) is 0 Å². The Morgan fingerprint density at radius 2 is 1.96 bits per heavy atom. The van der Waals surface area contributed by atoms with E-state index in [-0.39, 0.29) is 16.7 Å². The number of aromatic nitrogens is 1. The minimum Gasteiger partial charge on any atom is -0.340 e. The smallest absolute Gasteiger partial charge is 0.235 e. The zero-order valence-electron chi connectivity index (χ0n) is 15.6. The highest BCUT2D eigenvalue weighted by Gasteiger charge is 2.41. The summed E-state index contributed by atoms with van der Waals surface area (Å²) in [6, 6.07) is 5.86. The molecule has 0 aromatic carbocycles. The van der Waals surface area contributed by atoms with E-state index in [1.165, 1.54) is 0 Å². The molecule has 1 amide bonds. The minimum absolute atomic E-state index is 0.0957. The number of likely N-dealkylation sites (N-methyl/N-ethyl adjacent to an activating group) is 1. The van der Waals surface area contributed by atoms with Gasteiger partial charge in [0.15, 0.2) is 0 Å². The summed E-state index contributed by atoms with van der Waals surface area (Å²) in [4.78, 5) is 24.5. The summed E-state index contributed by atoms with van der Waals surface area (Å²) < 4.78 is 0. The lowest BCUT2D eigenvalue weighted by Crippen LogP contribution is -2.58. The van der Waals surface area contributed by atoms with Crippen LogP contribution in [0.4, 0.5) is 0 Å². The van der Waals surface area contributed by atoms with Crippen molar-refractivity contribution in [1.82, 2.24) is 19.7 Å². The molecule has 1 aromatic heterocycles. The van der Waals surface area contributed by atoms with Crippen molar-refractivity contribution in [3.05, 3.63) is 24.4 Å². The van der Waals surface area contributed by atoms with Crippen molar-refractivity contribution in [2.24, 2.45) is 0 Å². The fourth-order valence-electron chi connectivity index (χ4n) is 3.96. The number of rotatable bonds is 3. The molecule has 0 aliphatic carbocycles. The Bertz CT molecular complexity index is 574. The monoisotopic (exact) mass is 362 g/mol. The lowest BCUT2D eigenvalue weighted by Gasteiger charge is -2.47. The van der Waals surface area contributed by atoms with Gasteiger partial charge in [0.05, 0.1) is 10.3 Å². The van der Waals surface area contributed by atoms with Crippen molar-refractivity contribution in [2.75, 3.05) is 46.8 Å². The largest absolute Gasteiger partial charge is 0.340 e. The molecule has 0 bridgehead atoms. The van der Waals surface area contributed by atoms with E-state index in [9.17, 15) is 4.79 Å². The SMILES string of the molecule is C[C@@H](Sc1ccccn1)C(=O)N1CCCN(C)C2(CCN(C)CC2)C1. The molecule has 25 heavy (non-hydrogen) atoms. The molecule has 0 N–H and O–H groups in total. The topological polar surface area (TPSA) is 39.7 Å². The first-order valence-corrected chi connectivity index (χ1v) is 10.1. The van der Waals surface area contributed by atoms with Crippen LogP contribution in [0.25, 0.3) is 0 Å². The number of thioether (sulfide) groups is 1. The standard InChI is InChI=1S/C19H30N4OS/c1-16(25-17-7-4-5-10-20-17)18(24)23-12-6-11-22(3)19(15-23)8-13-21(2)14-9-19/h4-5,7,10,16H,6,8-9,11-15H2,1-3H3/t16-/m1/s1. The molecule has 3 rings (SSSR count). The molecule has 0 saturated carbocycles.